The van der Waals surface area contributed by atoms with E-state index < -0.39 is 0 Å². The molecule has 0 amide bonds. The Hall–Kier alpha value is -0.940. The quantitative estimate of drug-likeness (QED) is 0.903. The van der Waals surface area contributed by atoms with E-state index in [0.29, 0.717) is 6.42 Å². The van der Waals surface area contributed by atoms with Crippen molar-refractivity contribution in [2.24, 2.45) is 0 Å². The van der Waals surface area contributed by atoms with Crippen molar-refractivity contribution in [3.05, 3.63) is 28.6 Å². The highest BCUT2D eigenvalue weighted by Crippen LogP contribution is 2.11. The van der Waals surface area contributed by atoms with Gasteiger partial charge in [-0.2, -0.15) is 5.10 Å². The van der Waals surface area contributed by atoms with Crippen molar-refractivity contribution < 1.29 is 5.11 Å². The molecule has 0 atom stereocenters. The summed E-state index contributed by atoms with van der Waals surface area (Å²) < 4.78 is 2.73. The van der Waals surface area contributed by atoms with E-state index in [2.05, 4.69) is 26.0 Å². The van der Waals surface area contributed by atoms with E-state index in [9.17, 15) is 0 Å². The fourth-order valence-electron chi connectivity index (χ4n) is 1.25. The zero-order chi connectivity index (χ0) is 9.97. The molecule has 0 aliphatic rings. The van der Waals surface area contributed by atoms with Crippen LogP contribution in [-0.4, -0.2) is 26.3 Å². The summed E-state index contributed by atoms with van der Waals surface area (Å²) in [5, 5.41) is 12.9. The second-order valence-electron chi connectivity index (χ2n) is 3.00. The van der Waals surface area contributed by atoms with Gasteiger partial charge in [0.25, 0.3) is 0 Å². The molecule has 0 saturated carbocycles. The maximum absolute atomic E-state index is 8.68. The van der Waals surface area contributed by atoms with Crippen molar-refractivity contribution in [2.45, 2.75) is 12.8 Å². The van der Waals surface area contributed by atoms with Crippen LogP contribution in [0.5, 0.6) is 0 Å². The number of fused-ring (bicyclic) bond motifs is 1. The van der Waals surface area contributed by atoms with Crippen LogP contribution in [0.2, 0.25) is 0 Å². The number of aryl methyl sites for hydroxylation is 1. The third kappa shape index (κ3) is 1.93. The van der Waals surface area contributed by atoms with E-state index >= 15 is 0 Å². The van der Waals surface area contributed by atoms with Crippen LogP contribution < -0.4 is 0 Å². The fraction of sp³-hybridized carbons (Fsp3) is 0.333. The van der Waals surface area contributed by atoms with Gasteiger partial charge in [0.05, 0.1) is 0 Å². The van der Waals surface area contributed by atoms with Gasteiger partial charge in [0, 0.05) is 23.7 Å². The van der Waals surface area contributed by atoms with E-state index in [1.165, 1.54) is 0 Å². The molecule has 4 nitrogen and oxygen atoms in total. The van der Waals surface area contributed by atoms with E-state index in [4.69, 9.17) is 5.11 Å². The van der Waals surface area contributed by atoms with Crippen LogP contribution >= 0.6 is 15.9 Å². The lowest BCUT2D eigenvalue weighted by atomic mass is 10.3. The molecule has 14 heavy (non-hydrogen) atoms. The number of hydrogen-bond acceptors (Lipinski definition) is 3. The van der Waals surface area contributed by atoms with Gasteiger partial charge in [0.1, 0.15) is 0 Å². The lowest BCUT2D eigenvalue weighted by Crippen LogP contribution is -1.92. The molecule has 0 fully saturated rings. The summed E-state index contributed by atoms with van der Waals surface area (Å²) in [6, 6.07) is 3.83. The molecular formula is C9H10BrN3O. The molecule has 0 radical (unpaired) electrons. The highest BCUT2D eigenvalue weighted by atomic mass is 79.9. The number of nitrogens with zero attached hydrogens (tertiary/aromatic N) is 3. The highest BCUT2D eigenvalue weighted by Gasteiger charge is 2.02. The van der Waals surface area contributed by atoms with Gasteiger partial charge >= 0.3 is 0 Å². The Labute approximate surface area is 89.7 Å². The highest BCUT2D eigenvalue weighted by molar-refractivity contribution is 9.10. The van der Waals surface area contributed by atoms with E-state index in [1.54, 1.807) is 4.52 Å². The van der Waals surface area contributed by atoms with Crippen molar-refractivity contribution in [3.8, 4) is 0 Å². The number of aromatic nitrogens is 3. The Morgan fingerprint density at radius 1 is 1.50 bits per heavy atom. The SMILES string of the molecule is OCCCc1nc2cc(Br)ccn2n1. The van der Waals surface area contributed by atoms with E-state index in [-0.39, 0.29) is 6.61 Å². The average Bonchev–Trinajstić information content (AvgIpc) is 2.56. The van der Waals surface area contributed by atoms with Gasteiger partial charge < -0.3 is 5.11 Å². The zero-order valence-corrected chi connectivity index (χ0v) is 9.11. The van der Waals surface area contributed by atoms with Gasteiger partial charge in [-0.05, 0) is 18.6 Å². The molecule has 2 aromatic heterocycles. The molecule has 0 aromatic carbocycles. The fourth-order valence-corrected chi connectivity index (χ4v) is 1.57. The molecule has 0 bridgehead atoms. The summed E-state index contributed by atoms with van der Waals surface area (Å²) in [7, 11) is 0. The van der Waals surface area contributed by atoms with Crippen molar-refractivity contribution in [1.29, 1.82) is 0 Å². The van der Waals surface area contributed by atoms with Crippen LogP contribution in [0.15, 0.2) is 22.8 Å². The monoisotopic (exact) mass is 255 g/mol. The molecule has 2 aromatic rings. The largest absolute Gasteiger partial charge is 0.396 e. The van der Waals surface area contributed by atoms with Crippen molar-refractivity contribution >= 4 is 21.6 Å². The molecule has 0 saturated heterocycles. The Bertz CT molecular complexity index is 441. The zero-order valence-electron chi connectivity index (χ0n) is 7.52. The van der Waals surface area contributed by atoms with Gasteiger partial charge in [-0.15, -0.1) is 0 Å². The Morgan fingerprint density at radius 3 is 3.14 bits per heavy atom. The molecule has 2 heterocycles. The van der Waals surface area contributed by atoms with Crippen molar-refractivity contribution in [3.63, 3.8) is 0 Å². The van der Waals surface area contributed by atoms with Gasteiger partial charge in [0.2, 0.25) is 0 Å². The van der Waals surface area contributed by atoms with Gasteiger partial charge in [-0.1, -0.05) is 15.9 Å². The number of aliphatic hydroxyl groups is 1. The number of pyridine rings is 1. The molecule has 2 rings (SSSR count). The second kappa shape index (κ2) is 4.06. The average molecular weight is 256 g/mol. The summed E-state index contributed by atoms with van der Waals surface area (Å²) >= 11 is 3.37. The summed E-state index contributed by atoms with van der Waals surface area (Å²) in [6.07, 6.45) is 3.28. The number of aliphatic hydroxyl groups excluding tert-OH is 1. The standard InChI is InChI=1S/C9H10BrN3O/c10-7-3-4-13-9(6-7)11-8(12-13)2-1-5-14/h3-4,6,14H,1-2,5H2. The molecule has 0 aliphatic carbocycles. The van der Waals surface area contributed by atoms with E-state index in [0.717, 1.165) is 22.4 Å². The third-order valence-corrected chi connectivity index (χ3v) is 2.40. The Morgan fingerprint density at radius 2 is 2.36 bits per heavy atom. The third-order valence-electron chi connectivity index (χ3n) is 1.90. The van der Waals surface area contributed by atoms with Crippen LogP contribution in [0.1, 0.15) is 12.2 Å². The van der Waals surface area contributed by atoms with E-state index in [1.807, 2.05) is 18.3 Å². The summed E-state index contributed by atoms with van der Waals surface area (Å²) in [6.45, 7) is 0.180. The number of hydrogen-bond donors (Lipinski definition) is 1. The minimum Gasteiger partial charge on any atom is -0.396 e. The first kappa shape index (κ1) is 9.61. The summed E-state index contributed by atoms with van der Waals surface area (Å²) in [5.74, 6) is 0.775. The lowest BCUT2D eigenvalue weighted by molar-refractivity contribution is 0.287. The van der Waals surface area contributed by atoms with Gasteiger partial charge in [-0.25, -0.2) is 9.50 Å². The maximum atomic E-state index is 8.68. The number of rotatable bonds is 3. The molecule has 0 unspecified atom stereocenters. The van der Waals surface area contributed by atoms with Crippen LogP contribution in [0.4, 0.5) is 0 Å². The maximum Gasteiger partial charge on any atom is 0.156 e. The first-order valence-corrected chi connectivity index (χ1v) is 5.20. The minimum atomic E-state index is 0.180. The molecule has 74 valence electrons. The smallest absolute Gasteiger partial charge is 0.156 e. The number of halogens is 1. The van der Waals surface area contributed by atoms with Gasteiger partial charge in [0.15, 0.2) is 11.5 Å². The first-order chi connectivity index (χ1) is 6.79. The summed E-state index contributed by atoms with van der Waals surface area (Å²) in [4.78, 5) is 4.32. The van der Waals surface area contributed by atoms with Gasteiger partial charge in [-0.3, -0.25) is 0 Å². The van der Waals surface area contributed by atoms with Crippen molar-refractivity contribution in [2.75, 3.05) is 6.61 Å². The van der Waals surface area contributed by atoms with Crippen LogP contribution in [0.3, 0.4) is 0 Å². The molecule has 0 spiro atoms. The Kier molecular flexibility index (Phi) is 2.79. The second-order valence-corrected chi connectivity index (χ2v) is 3.92. The normalized spacial score (nSPS) is 11.0. The predicted molar refractivity (Wildman–Crippen MR) is 56.1 cm³/mol. The predicted octanol–water partition coefficient (Wildman–Crippen LogP) is 1.42. The Balaban J connectivity index is 2.32. The van der Waals surface area contributed by atoms with Crippen LogP contribution in [0, 0.1) is 0 Å². The summed E-state index contributed by atoms with van der Waals surface area (Å²) in [5.41, 5.74) is 0.826. The molecule has 1 N–H and O–H groups in total. The van der Waals surface area contributed by atoms with Crippen LogP contribution in [-0.2, 0) is 6.42 Å². The molecular weight excluding hydrogens is 246 g/mol. The lowest BCUT2D eigenvalue weighted by Gasteiger charge is -1.89. The molecule has 0 aliphatic heterocycles. The first-order valence-electron chi connectivity index (χ1n) is 4.41. The topological polar surface area (TPSA) is 50.4 Å². The minimum absolute atomic E-state index is 0.180. The van der Waals surface area contributed by atoms with Crippen LogP contribution in [0.25, 0.3) is 5.65 Å². The molecule has 5 heteroatoms. The van der Waals surface area contributed by atoms with Crippen molar-refractivity contribution in [1.82, 2.24) is 14.6 Å².